The van der Waals surface area contributed by atoms with Gasteiger partial charge in [0.2, 0.25) is 0 Å². The van der Waals surface area contributed by atoms with Crippen molar-refractivity contribution >= 4 is 0 Å². The van der Waals surface area contributed by atoms with Gasteiger partial charge in [0.05, 0.1) is 6.10 Å². The second-order valence-corrected chi connectivity index (χ2v) is 7.23. The van der Waals surface area contributed by atoms with Gasteiger partial charge in [-0.2, -0.15) is 0 Å². The number of hydrogen-bond donors (Lipinski definition) is 1. The van der Waals surface area contributed by atoms with Crippen molar-refractivity contribution in [2.75, 3.05) is 33.7 Å². The summed E-state index contributed by atoms with van der Waals surface area (Å²) in [4.78, 5) is 4.75. The van der Waals surface area contributed by atoms with E-state index in [9.17, 15) is 5.11 Å². The maximum atomic E-state index is 10.6. The molecule has 1 aromatic rings. The number of aliphatic hydroxyl groups is 1. The third-order valence-electron chi connectivity index (χ3n) is 5.53. The third kappa shape index (κ3) is 3.70. The summed E-state index contributed by atoms with van der Waals surface area (Å²) in [5, 5.41) is 10.6. The summed E-state index contributed by atoms with van der Waals surface area (Å²) in [5.41, 5.74) is 4.05. The molecule has 1 atom stereocenters. The molecule has 0 bridgehead atoms. The molecule has 122 valence electrons. The lowest BCUT2D eigenvalue weighted by atomic mass is 9.89. The van der Waals surface area contributed by atoms with Crippen LogP contribution in [0.5, 0.6) is 0 Å². The first-order chi connectivity index (χ1) is 10.6. The Morgan fingerprint density at radius 3 is 2.59 bits per heavy atom. The van der Waals surface area contributed by atoms with Gasteiger partial charge in [-0.25, -0.2) is 0 Å². The van der Waals surface area contributed by atoms with E-state index >= 15 is 0 Å². The van der Waals surface area contributed by atoms with Crippen LogP contribution in [0.4, 0.5) is 0 Å². The van der Waals surface area contributed by atoms with Gasteiger partial charge in [-0.15, -0.1) is 0 Å². The van der Waals surface area contributed by atoms with Crippen LogP contribution in [-0.4, -0.2) is 54.7 Å². The van der Waals surface area contributed by atoms with Gasteiger partial charge in [-0.05, 0) is 82.4 Å². The average Bonchev–Trinajstić information content (AvgIpc) is 2.55. The zero-order valence-corrected chi connectivity index (χ0v) is 14.1. The highest BCUT2D eigenvalue weighted by Crippen LogP contribution is 2.26. The van der Waals surface area contributed by atoms with E-state index in [1.54, 1.807) is 0 Å². The maximum absolute atomic E-state index is 10.6. The van der Waals surface area contributed by atoms with Crippen LogP contribution < -0.4 is 0 Å². The molecule has 0 saturated carbocycles. The largest absolute Gasteiger partial charge is 0.387 e. The summed E-state index contributed by atoms with van der Waals surface area (Å²) < 4.78 is 0. The fourth-order valence-electron chi connectivity index (χ4n) is 3.92. The Bertz CT molecular complexity index is 494. The number of hydrogen-bond acceptors (Lipinski definition) is 3. The van der Waals surface area contributed by atoms with E-state index < -0.39 is 0 Å². The predicted molar refractivity (Wildman–Crippen MR) is 91.2 cm³/mol. The molecule has 3 heteroatoms. The van der Waals surface area contributed by atoms with Crippen LogP contribution in [0, 0.1) is 0 Å². The van der Waals surface area contributed by atoms with Crippen molar-refractivity contribution in [3.63, 3.8) is 0 Å². The van der Waals surface area contributed by atoms with Crippen molar-refractivity contribution in [3.8, 4) is 0 Å². The van der Waals surface area contributed by atoms with Gasteiger partial charge in [0.15, 0.2) is 0 Å². The highest BCUT2D eigenvalue weighted by atomic mass is 16.3. The number of aliphatic hydroxyl groups excluding tert-OH is 1. The number of fused-ring (bicyclic) bond motifs is 1. The summed E-state index contributed by atoms with van der Waals surface area (Å²) >= 11 is 0. The number of likely N-dealkylation sites (N-methyl/N-ethyl adjacent to an activating group) is 1. The monoisotopic (exact) mass is 302 g/mol. The van der Waals surface area contributed by atoms with Gasteiger partial charge >= 0.3 is 0 Å². The van der Waals surface area contributed by atoms with Crippen molar-refractivity contribution in [2.45, 2.75) is 50.7 Å². The lowest BCUT2D eigenvalue weighted by Gasteiger charge is -2.36. The van der Waals surface area contributed by atoms with E-state index in [-0.39, 0.29) is 6.10 Å². The Hall–Kier alpha value is -0.900. The van der Waals surface area contributed by atoms with Crippen molar-refractivity contribution in [1.82, 2.24) is 9.80 Å². The molecule has 1 heterocycles. The normalized spacial score (nSPS) is 21.8. The number of rotatable bonds is 4. The molecule has 22 heavy (non-hydrogen) atoms. The minimum atomic E-state index is -0.364. The minimum absolute atomic E-state index is 0.364. The number of aryl methyl sites for hydroxylation is 2. The van der Waals surface area contributed by atoms with Gasteiger partial charge in [0.1, 0.15) is 0 Å². The van der Waals surface area contributed by atoms with Gasteiger partial charge < -0.3 is 14.9 Å². The van der Waals surface area contributed by atoms with Crippen LogP contribution in [0.25, 0.3) is 0 Å². The fourth-order valence-corrected chi connectivity index (χ4v) is 3.92. The van der Waals surface area contributed by atoms with E-state index in [1.165, 1.54) is 62.7 Å². The highest BCUT2D eigenvalue weighted by molar-refractivity contribution is 5.34. The molecule has 0 radical (unpaired) electrons. The lowest BCUT2D eigenvalue weighted by Crippen LogP contribution is -2.43. The van der Waals surface area contributed by atoms with Crippen LogP contribution in [-0.2, 0) is 12.8 Å². The smallest absolute Gasteiger partial charge is 0.0917 e. The molecular weight excluding hydrogens is 272 g/mol. The van der Waals surface area contributed by atoms with Gasteiger partial charge in [0.25, 0.3) is 0 Å². The Kier molecular flexibility index (Phi) is 5.17. The predicted octanol–water partition coefficient (Wildman–Crippen LogP) is 2.62. The molecule has 3 rings (SSSR count). The standard InChI is InChI=1S/C19H30N2O/c1-20-11-9-18(10-12-20)21(2)14-19(22)17-8-7-15-5-3-4-6-16(15)13-17/h7-8,13,18-19,22H,3-6,9-12,14H2,1-2H3. The zero-order valence-electron chi connectivity index (χ0n) is 14.1. The molecule has 1 aromatic carbocycles. The van der Waals surface area contributed by atoms with E-state index in [1.807, 2.05) is 0 Å². The molecular formula is C19H30N2O. The Morgan fingerprint density at radius 2 is 1.86 bits per heavy atom. The van der Waals surface area contributed by atoms with Crippen LogP contribution in [0.1, 0.15) is 48.5 Å². The molecule has 0 aromatic heterocycles. The molecule has 1 fully saturated rings. The molecule has 1 aliphatic heterocycles. The van der Waals surface area contributed by atoms with Crippen LogP contribution >= 0.6 is 0 Å². The Balaban J connectivity index is 1.60. The second-order valence-electron chi connectivity index (χ2n) is 7.23. The first-order valence-corrected chi connectivity index (χ1v) is 8.82. The minimum Gasteiger partial charge on any atom is -0.387 e. The van der Waals surface area contributed by atoms with Gasteiger partial charge in [-0.1, -0.05) is 18.2 Å². The second kappa shape index (κ2) is 7.12. The van der Waals surface area contributed by atoms with Crippen molar-refractivity contribution in [2.24, 2.45) is 0 Å². The molecule has 0 amide bonds. The highest BCUT2D eigenvalue weighted by Gasteiger charge is 2.23. The fraction of sp³-hybridized carbons (Fsp3) is 0.684. The summed E-state index contributed by atoms with van der Waals surface area (Å²) in [6, 6.07) is 7.24. The molecule has 1 unspecified atom stereocenters. The third-order valence-corrected chi connectivity index (χ3v) is 5.53. The zero-order chi connectivity index (χ0) is 15.5. The molecule has 0 spiro atoms. The van der Waals surface area contributed by atoms with Crippen LogP contribution in [0.15, 0.2) is 18.2 Å². The van der Waals surface area contributed by atoms with Crippen molar-refractivity contribution in [1.29, 1.82) is 0 Å². The topological polar surface area (TPSA) is 26.7 Å². The summed E-state index contributed by atoms with van der Waals surface area (Å²) in [6.07, 6.45) is 7.06. The Morgan fingerprint density at radius 1 is 1.18 bits per heavy atom. The summed E-state index contributed by atoms with van der Waals surface area (Å²) in [7, 11) is 4.36. The molecule has 1 N–H and O–H groups in total. The van der Waals surface area contributed by atoms with Gasteiger partial charge in [-0.3, -0.25) is 0 Å². The molecule has 2 aliphatic rings. The Labute approximate surface area is 134 Å². The van der Waals surface area contributed by atoms with E-state index in [4.69, 9.17) is 0 Å². The maximum Gasteiger partial charge on any atom is 0.0917 e. The molecule has 1 aliphatic carbocycles. The number of piperidine rings is 1. The lowest BCUT2D eigenvalue weighted by molar-refractivity contribution is 0.0788. The number of benzene rings is 1. The van der Waals surface area contributed by atoms with E-state index in [2.05, 4.69) is 42.1 Å². The molecule has 1 saturated heterocycles. The van der Waals surface area contributed by atoms with Crippen molar-refractivity contribution < 1.29 is 5.11 Å². The van der Waals surface area contributed by atoms with Crippen LogP contribution in [0.3, 0.4) is 0 Å². The van der Waals surface area contributed by atoms with E-state index in [0.29, 0.717) is 6.04 Å². The van der Waals surface area contributed by atoms with Crippen molar-refractivity contribution in [3.05, 3.63) is 34.9 Å². The van der Waals surface area contributed by atoms with Gasteiger partial charge in [0, 0.05) is 12.6 Å². The number of nitrogens with zero attached hydrogens (tertiary/aromatic N) is 2. The number of likely N-dealkylation sites (tertiary alicyclic amines) is 1. The SMILES string of the molecule is CN1CCC(N(C)CC(O)c2ccc3c(c2)CCCC3)CC1. The average molecular weight is 302 g/mol. The summed E-state index contributed by atoms with van der Waals surface area (Å²) in [5.74, 6) is 0. The first kappa shape index (κ1) is 16.0. The quantitative estimate of drug-likeness (QED) is 0.926. The van der Waals surface area contributed by atoms with Crippen LogP contribution in [0.2, 0.25) is 0 Å². The summed E-state index contributed by atoms with van der Waals surface area (Å²) in [6.45, 7) is 3.08. The molecule has 3 nitrogen and oxygen atoms in total. The van der Waals surface area contributed by atoms with E-state index in [0.717, 1.165) is 12.1 Å². The first-order valence-electron chi connectivity index (χ1n) is 8.82.